The maximum absolute atomic E-state index is 11.7. The van der Waals surface area contributed by atoms with Crippen LogP contribution in [0.15, 0.2) is 0 Å². The van der Waals surface area contributed by atoms with Gasteiger partial charge in [0, 0.05) is 6.54 Å². The number of rotatable bonds is 6. The van der Waals surface area contributed by atoms with E-state index in [1.807, 2.05) is 0 Å². The average Bonchev–Trinajstić information content (AvgIpc) is 3.14. The predicted molar refractivity (Wildman–Crippen MR) is 72.8 cm³/mol. The summed E-state index contributed by atoms with van der Waals surface area (Å²) in [5.41, 5.74) is 0.511. The van der Waals surface area contributed by atoms with Crippen LogP contribution in [0.25, 0.3) is 0 Å². The maximum atomic E-state index is 11.7. The SMILES string of the molecule is COC(=O)Cc1c(C(=O)OC)nnn1CCN1CCCC1. The second kappa shape index (κ2) is 7.16. The molecule has 0 radical (unpaired) electrons. The number of methoxy groups -OCH3 is 2. The predicted octanol–water partition coefficient (Wildman–Crippen LogP) is -0.124. The van der Waals surface area contributed by atoms with E-state index in [1.54, 1.807) is 4.68 Å². The first-order chi connectivity index (χ1) is 10.2. The lowest BCUT2D eigenvalue weighted by Gasteiger charge is -2.15. The van der Waals surface area contributed by atoms with Crippen LogP contribution >= 0.6 is 0 Å². The molecule has 8 heteroatoms. The standard InChI is InChI=1S/C13H20N4O4/c1-20-11(18)9-10-12(13(19)21-2)14-15-17(10)8-7-16-5-3-4-6-16/h3-9H2,1-2H3. The lowest BCUT2D eigenvalue weighted by molar-refractivity contribution is -0.139. The number of aromatic nitrogens is 3. The molecule has 1 aromatic heterocycles. The van der Waals surface area contributed by atoms with Gasteiger partial charge in [0.05, 0.1) is 32.9 Å². The molecule has 0 amide bonds. The molecular weight excluding hydrogens is 276 g/mol. The molecule has 0 aromatic carbocycles. The molecule has 1 aliphatic heterocycles. The molecule has 21 heavy (non-hydrogen) atoms. The van der Waals surface area contributed by atoms with Gasteiger partial charge in [0.25, 0.3) is 0 Å². The van der Waals surface area contributed by atoms with Gasteiger partial charge in [-0.3, -0.25) is 4.79 Å². The molecule has 1 aromatic rings. The summed E-state index contributed by atoms with van der Waals surface area (Å²) in [6, 6.07) is 0. The van der Waals surface area contributed by atoms with E-state index < -0.39 is 11.9 Å². The van der Waals surface area contributed by atoms with Gasteiger partial charge in [-0.25, -0.2) is 9.48 Å². The van der Waals surface area contributed by atoms with Gasteiger partial charge >= 0.3 is 11.9 Å². The van der Waals surface area contributed by atoms with Gasteiger partial charge in [0.2, 0.25) is 0 Å². The Morgan fingerprint density at radius 1 is 1.14 bits per heavy atom. The van der Waals surface area contributed by atoms with Crippen molar-refractivity contribution in [2.24, 2.45) is 0 Å². The van der Waals surface area contributed by atoms with E-state index >= 15 is 0 Å². The summed E-state index contributed by atoms with van der Waals surface area (Å²) in [6.45, 7) is 3.55. The maximum Gasteiger partial charge on any atom is 0.360 e. The normalized spacial score (nSPS) is 15.1. The van der Waals surface area contributed by atoms with E-state index in [0.717, 1.165) is 19.6 Å². The Kier molecular flexibility index (Phi) is 5.26. The summed E-state index contributed by atoms with van der Waals surface area (Å²) < 4.78 is 10.9. The lowest BCUT2D eigenvalue weighted by Crippen LogP contribution is -2.26. The molecule has 0 unspecified atom stereocenters. The van der Waals surface area contributed by atoms with Crippen molar-refractivity contribution in [1.82, 2.24) is 19.9 Å². The first-order valence-electron chi connectivity index (χ1n) is 6.95. The van der Waals surface area contributed by atoms with Crippen molar-refractivity contribution in [3.63, 3.8) is 0 Å². The Morgan fingerprint density at radius 3 is 2.48 bits per heavy atom. The van der Waals surface area contributed by atoms with Crippen LogP contribution in [-0.4, -0.2) is 65.7 Å². The number of nitrogens with zero attached hydrogens (tertiary/aromatic N) is 4. The summed E-state index contributed by atoms with van der Waals surface area (Å²) in [5, 5.41) is 7.80. The minimum Gasteiger partial charge on any atom is -0.469 e. The van der Waals surface area contributed by atoms with Crippen molar-refractivity contribution in [3.05, 3.63) is 11.4 Å². The van der Waals surface area contributed by atoms with Crippen molar-refractivity contribution >= 4 is 11.9 Å². The van der Waals surface area contributed by atoms with Gasteiger partial charge < -0.3 is 14.4 Å². The van der Waals surface area contributed by atoms with E-state index in [1.165, 1.54) is 27.1 Å². The van der Waals surface area contributed by atoms with Crippen molar-refractivity contribution in [3.8, 4) is 0 Å². The third-order valence-electron chi connectivity index (χ3n) is 3.58. The van der Waals surface area contributed by atoms with Crippen LogP contribution in [-0.2, 0) is 27.2 Å². The molecule has 116 valence electrons. The summed E-state index contributed by atoms with van der Waals surface area (Å²) in [5.74, 6) is -1.04. The van der Waals surface area contributed by atoms with E-state index in [2.05, 4.69) is 24.7 Å². The Balaban J connectivity index is 2.12. The molecule has 2 heterocycles. The molecule has 0 bridgehead atoms. The zero-order chi connectivity index (χ0) is 15.2. The quantitative estimate of drug-likeness (QED) is 0.676. The van der Waals surface area contributed by atoms with E-state index in [-0.39, 0.29) is 12.1 Å². The van der Waals surface area contributed by atoms with Crippen molar-refractivity contribution in [2.45, 2.75) is 25.8 Å². The summed E-state index contributed by atoms with van der Waals surface area (Å²) in [4.78, 5) is 25.5. The van der Waals surface area contributed by atoms with E-state index in [4.69, 9.17) is 0 Å². The number of likely N-dealkylation sites (tertiary alicyclic amines) is 1. The van der Waals surface area contributed by atoms with E-state index in [0.29, 0.717) is 12.2 Å². The highest BCUT2D eigenvalue weighted by Crippen LogP contribution is 2.11. The third kappa shape index (κ3) is 3.78. The highest BCUT2D eigenvalue weighted by atomic mass is 16.5. The van der Waals surface area contributed by atoms with Gasteiger partial charge in [0.1, 0.15) is 0 Å². The first-order valence-corrected chi connectivity index (χ1v) is 6.95. The molecule has 1 fully saturated rings. The summed E-state index contributed by atoms with van der Waals surface area (Å²) in [6.07, 6.45) is 2.37. The highest BCUT2D eigenvalue weighted by Gasteiger charge is 2.23. The van der Waals surface area contributed by atoms with Crippen LogP contribution in [0.3, 0.4) is 0 Å². The van der Waals surface area contributed by atoms with Crippen LogP contribution in [0.5, 0.6) is 0 Å². The molecular formula is C13H20N4O4. The molecule has 1 saturated heterocycles. The van der Waals surface area contributed by atoms with Crippen LogP contribution in [0.4, 0.5) is 0 Å². The van der Waals surface area contributed by atoms with Gasteiger partial charge in [-0.1, -0.05) is 5.21 Å². The van der Waals surface area contributed by atoms with Gasteiger partial charge in [-0.05, 0) is 25.9 Å². The van der Waals surface area contributed by atoms with Crippen LogP contribution in [0, 0.1) is 0 Å². The summed E-state index contributed by atoms with van der Waals surface area (Å²) >= 11 is 0. The number of hydrogen-bond donors (Lipinski definition) is 0. The van der Waals surface area contributed by atoms with Crippen molar-refractivity contribution in [2.75, 3.05) is 33.9 Å². The Bertz CT molecular complexity index is 508. The minimum atomic E-state index is -0.596. The number of carbonyl (C=O) groups excluding carboxylic acids is 2. The van der Waals surface area contributed by atoms with Crippen molar-refractivity contribution in [1.29, 1.82) is 0 Å². The van der Waals surface area contributed by atoms with Crippen LogP contribution in [0.2, 0.25) is 0 Å². The minimum absolute atomic E-state index is 0.0477. The molecule has 0 spiro atoms. The number of carbonyl (C=O) groups is 2. The van der Waals surface area contributed by atoms with Crippen molar-refractivity contribution < 1.29 is 19.1 Å². The topological polar surface area (TPSA) is 86.5 Å². The average molecular weight is 296 g/mol. The Hall–Kier alpha value is -1.96. The van der Waals surface area contributed by atoms with Gasteiger partial charge in [0.15, 0.2) is 5.69 Å². The Labute approximate surface area is 123 Å². The smallest absolute Gasteiger partial charge is 0.360 e. The zero-order valence-electron chi connectivity index (χ0n) is 12.4. The second-order valence-electron chi connectivity index (χ2n) is 4.90. The summed E-state index contributed by atoms with van der Waals surface area (Å²) in [7, 11) is 2.58. The van der Waals surface area contributed by atoms with Gasteiger partial charge in [-0.2, -0.15) is 0 Å². The first kappa shape index (κ1) is 15.4. The highest BCUT2D eigenvalue weighted by molar-refractivity contribution is 5.89. The zero-order valence-corrected chi connectivity index (χ0v) is 12.4. The molecule has 0 atom stereocenters. The van der Waals surface area contributed by atoms with Gasteiger partial charge in [-0.15, -0.1) is 5.10 Å². The number of hydrogen-bond acceptors (Lipinski definition) is 7. The van der Waals surface area contributed by atoms with E-state index in [9.17, 15) is 9.59 Å². The molecule has 0 aliphatic carbocycles. The third-order valence-corrected chi connectivity index (χ3v) is 3.58. The molecule has 0 N–H and O–H groups in total. The fraction of sp³-hybridized carbons (Fsp3) is 0.692. The molecule has 1 aliphatic rings. The lowest BCUT2D eigenvalue weighted by atomic mass is 10.2. The molecule has 0 saturated carbocycles. The molecule has 8 nitrogen and oxygen atoms in total. The number of ether oxygens (including phenoxy) is 2. The number of esters is 2. The Morgan fingerprint density at radius 2 is 1.86 bits per heavy atom. The largest absolute Gasteiger partial charge is 0.469 e. The fourth-order valence-electron chi connectivity index (χ4n) is 2.39. The second-order valence-corrected chi connectivity index (χ2v) is 4.90. The fourth-order valence-corrected chi connectivity index (χ4v) is 2.39. The van der Waals surface area contributed by atoms with Crippen LogP contribution in [0.1, 0.15) is 29.0 Å². The molecule has 2 rings (SSSR count). The monoisotopic (exact) mass is 296 g/mol. The van der Waals surface area contributed by atoms with Crippen LogP contribution < -0.4 is 0 Å².